The van der Waals surface area contributed by atoms with Gasteiger partial charge in [0.2, 0.25) is 5.91 Å². The highest BCUT2D eigenvalue weighted by atomic mass is 35.5. The number of non-ortho nitro benzene ring substituents is 1. The summed E-state index contributed by atoms with van der Waals surface area (Å²) in [6.45, 7) is 0. The van der Waals surface area contributed by atoms with E-state index in [1.54, 1.807) is 30.3 Å². The summed E-state index contributed by atoms with van der Waals surface area (Å²) < 4.78 is 0. The van der Waals surface area contributed by atoms with E-state index in [0.717, 1.165) is 0 Å². The van der Waals surface area contributed by atoms with Gasteiger partial charge in [-0.05, 0) is 24.3 Å². The number of amides is 1. The van der Waals surface area contributed by atoms with Crippen molar-refractivity contribution < 1.29 is 14.5 Å². The van der Waals surface area contributed by atoms with Crippen molar-refractivity contribution in [3.05, 3.63) is 70.3 Å². The zero-order chi connectivity index (χ0) is 16.1. The Morgan fingerprint density at radius 1 is 1.05 bits per heavy atom. The van der Waals surface area contributed by atoms with E-state index in [2.05, 4.69) is 5.32 Å². The van der Waals surface area contributed by atoms with Crippen LogP contribution in [-0.2, 0) is 4.79 Å². The second kappa shape index (κ2) is 6.82. The number of carbonyl (C=O) groups is 2. The van der Waals surface area contributed by atoms with Crippen molar-refractivity contribution in [2.24, 2.45) is 0 Å². The molecule has 6 nitrogen and oxygen atoms in total. The molecular formula is C15H11ClN2O4. The number of alkyl halides is 1. The van der Waals surface area contributed by atoms with E-state index in [1.165, 1.54) is 24.3 Å². The van der Waals surface area contributed by atoms with Crippen molar-refractivity contribution in [3.8, 4) is 0 Å². The zero-order valence-electron chi connectivity index (χ0n) is 11.2. The first kappa shape index (κ1) is 15.7. The van der Waals surface area contributed by atoms with Crippen LogP contribution in [-0.4, -0.2) is 22.0 Å². The highest BCUT2D eigenvalue weighted by Gasteiger charge is 2.25. The highest BCUT2D eigenvalue weighted by Crippen LogP contribution is 2.16. The molecule has 0 fully saturated rings. The van der Waals surface area contributed by atoms with Crippen molar-refractivity contribution in [3.63, 3.8) is 0 Å². The topological polar surface area (TPSA) is 89.3 Å². The van der Waals surface area contributed by atoms with Gasteiger partial charge in [-0.15, -0.1) is 11.6 Å². The van der Waals surface area contributed by atoms with Crippen LogP contribution in [0.3, 0.4) is 0 Å². The molecule has 0 heterocycles. The maximum absolute atomic E-state index is 12.1. The summed E-state index contributed by atoms with van der Waals surface area (Å²) in [5.74, 6) is -1.28. The number of nitrogens with zero attached hydrogens (tertiary/aromatic N) is 1. The standard InChI is InChI=1S/C15H11ClN2O4/c16-13(15(20)17-11-4-2-1-3-5-11)14(19)10-6-8-12(9-7-10)18(21)22/h1-9,13H,(H,17,20). The predicted molar refractivity (Wildman–Crippen MR) is 82.1 cm³/mol. The third kappa shape index (κ3) is 3.67. The molecule has 1 N–H and O–H groups in total. The molecule has 0 saturated heterocycles. The first-order valence-electron chi connectivity index (χ1n) is 6.27. The average Bonchev–Trinajstić information content (AvgIpc) is 2.54. The molecule has 2 rings (SSSR count). The number of rotatable bonds is 5. The fraction of sp³-hybridized carbons (Fsp3) is 0.0667. The van der Waals surface area contributed by atoms with Crippen LogP contribution in [0.15, 0.2) is 54.6 Å². The molecule has 0 aliphatic carbocycles. The van der Waals surface area contributed by atoms with Crippen LogP contribution in [0.2, 0.25) is 0 Å². The fourth-order valence-corrected chi connectivity index (χ4v) is 1.92. The van der Waals surface area contributed by atoms with Crippen LogP contribution in [0.4, 0.5) is 11.4 Å². The van der Waals surface area contributed by atoms with Gasteiger partial charge in [0.1, 0.15) is 0 Å². The van der Waals surface area contributed by atoms with Crippen LogP contribution in [0.1, 0.15) is 10.4 Å². The number of hydrogen-bond acceptors (Lipinski definition) is 4. The molecule has 0 saturated carbocycles. The SMILES string of the molecule is O=C(Nc1ccccc1)C(Cl)C(=O)c1ccc([N+](=O)[O-])cc1. The van der Waals surface area contributed by atoms with E-state index >= 15 is 0 Å². The molecule has 1 atom stereocenters. The second-order valence-corrected chi connectivity index (χ2v) is 4.82. The molecule has 0 aromatic heterocycles. The van der Waals surface area contributed by atoms with Crippen LogP contribution < -0.4 is 5.32 Å². The maximum atomic E-state index is 12.1. The van der Waals surface area contributed by atoms with Gasteiger partial charge in [-0.2, -0.15) is 0 Å². The van der Waals surface area contributed by atoms with Gasteiger partial charge in [-0.1, -0.05) is 18.2 Å². The minimum Gasteiger partial charge on any atom is -0.324 e. The molecule has 0 radical (unpaired) electrons. The van der Waals surface area contributed by atoms with E-state index in [0.29, 0.717) is 5.69 Å². The molecule has 0 bridgehead atoms. The number of nitrogens with one attached hydrogen (secondary N) is 1. The largest absolute Gasteiger partial charge is 0.324 e. The van der Waals surface area contributed by atoms with Gasteiger partial charge in [0.25, 0.3) is 5.69 Å². The molecule has 0 spiro atoms. The summed E-state index contributed by atoms with van der Waals surface area (Å²) >= 11 is 5.87. The number of hydrogen-bond donors (Lipinski definition) is 1. The molecule has 0 aliphatic heterocycles. The molecule has 0 aliphatic rings. The Kier molecular flexibility index (Phi) is 4.85. The van der Waals surface area contributed by atoms with Crippen LogP contribution in [0.25, 0.3) is 0 Å². The van der Waals surface area contributed by atoms with E-state index in [-0.39, 0.29) is 11.3 Å². The number of nitro groups is 1. The normalized spacial score (nSPS) is 11.5. The molecule has 7 heteroatoms. The number of nitro benzene ring substituents is 1. The van der Waals surface area contributed by atoms with E-state index in [9.17, 15) is 19.7 Å². The van der Waals surface area contributed by atoms with Gasteiger partial charge in [0.05, 0.1) is 4.92 Å². The lowest BCUT2D eigenvalue weighted by Crippen LogP contribution is -2.30. The molecular weight excluding hydrogens is 308 g/mol. The summed E-state index contributed by atoms with van der Waals surface area (Å²) in [5, 5.41) is 11.7. The van der Waals surface area contributed by atoms with Crippen molar-refractivity contribution in [2.45, 2.75) is 5.38 Å². The lowest BCUT2D eigenvalue weighted by atomic mass is 10.1. The Hall–Kier alpha value is -2.73. The third-order valence-electron chi connectivity index (χ3n) is 2.86. The first-order chi connectivity index (χ1) is 10.5. The predicted octanol–water partition coefficient (Wildman–Crippen LogP) is 3.02. The van der Waals surface area contributed by atoms with Crippen LogP contribution >= 0.6 is 11.6 Å². The Bertz CT molecular complexity index is 701. The average molecular weight is 319 g/mol. The monoisotopic (exact) mass is 318 g/mol. The quantitative estimate of drug-likeness (QED) is 0.302. The van der Waals surface area contributed by atoms with E-state index < -0.39 is 22.0 Å². The van der Waals surface area contributed by atoms with Crippen LogP contribution in [0, 0.1) is 10.1 Å². The van der Waals surface area contributed by atoms with Gasteiger partial charge < -0.3 is 5.32 Å². The number of carbonyl (C=O) groups excluding carboxylic acids is 2. The molecule has 1 amide bonds. The third-order valence-corrected chi connectivity index (χ3v) is 3.26. The molecule has 1 unspecified atom stereocenters. The number of anilines is 1. The summed E-state index contributed by atoms with van der Waals surface area (Å²) in [7, 11) is 0. The van der Waals surface area contributed by atoms with Crippen molar-refractivity contribution in [2.75, 3.05) is 5.32 Å². The zero-order valence-corrected chi connectivity index (χ0v) is 12.0. The number of Topliss-reactive ketones (excluding diaryl/α,β-unsaturated/α-hetero) is 1. The van der Waals surface area contributed by atoms with Gasteiger partial charge in [0, 0.05) is 23.4 Å². The Morgan fingerprint density at radius 3 is 2.18 bits per heavy atom. The first-order valence-corrected chi connectivity index (χ1v) is 6.71. The fourth-order valence-electron chi connectivity index (χ4n) is 1.74. The summed E-state index contributed by atoms with van der Waals surface area (Å²) in [6.07, 6.45) is 0. The van der Waals surface area contributed by atoms with Crippen molar-refractivity contribution in [1.82, 2.24) is 0 Å². The smallest absolute Gasteiger partial charge is 0.269 e. The summed E-state index contributed by atoms with van der Waals surface area (Å²) in [6, 6.07) is 13.5. The highest BCUT2D eigenvalue weighted by molar-refractivity contribution is 6.45. The van der Waals surface area contributed by atoms with Gasteiger partial charge in [-0.25, -0.2) is 0 Å². The van der Waals surface area contributed by atoms with E-state index in [1.807, 2.05) is 0 Å². The minimum absolute atomic E-state index is 0.133. The minimum atomic E-state index is -1.42. The number of para-hydroxylation sites is 1. The second-order valence-electron chi connectivity index (χ2n) is 4.39. The van der Waals surface area contributed by atoms with Crippen LogP contribution in [0.5, 0.6) is 0 Å². The Balaban J connectivity index is 2.08. The van der Waals surface area contributed by atoms with Gasteiger partial charge >= 0.3 is 0 Å². The van der Waals surface area contributed by atoms with Gasteiger partial charge in [-0.3, -0.25) is 19.7 Å². The Morgan fingerprint density at radius 2 is 1.64 bits per heavy atom. The Labute approximate surface area is 130 Å². The molecule has 2 aromatic carbocycles. The number of halogens is 1. The number of benzene rings is 2. The maximum Gasteiger partial charge on any atom is 0.269 e. The molecule has 112 valence electrons. The molecule has 22 heavy (non-hydrogen) atoms. The van der Waals surface area contributed by atoms with Crippen molar-refractivity contribution in [1.29, 1.82) is 0 Å². The van der Waals surface area contributed by atoms with Gasteiger partial charge in [0.15, 0.2) is 11.2 Å². The lowest BCUT2D eigenvalue weighted by Gasteiger charge is -2.09. The molecule has 2 aromatic rings. The lowest BCUT2D eigenvalue weighted by molar-refractivity contribution is -0.384. The summed E-state index contributed by atoms with van der Waals surface area (Å²) in [5.41, 5.74) is 0.514. The summed E-state index contributed by atoms with van der Waals surface area (Å²) in [4.78, 5) is 34.0. The van der Waals surface area contributed by atoms with Crippen molar-refractivity contribution >= 4 is 34.7 Å². The number of ketones is 1. The van der Waals surface area contributed by atoms with E-state index in [4.69, 9.17) is 11.6 Å².